The minimum Gasteiger partial charge on any atom is -0.349 e. The highest BCUT2D eigenvalue weighted by atomic mass is 35.5. The summed E-state index contributed by atoms with van der Waals surface area (Å²) in [5.41, 5.74) is -2.52. The van der Waals surface area contributed by atoms with E-state index in [1.165, 1.54) is 31.2 Å². The van der Waals surface area contributed by atoms with Crippen molar-refractivity contribution < 1.29 is 40.2 Å². The van der Waals surface area contributed by atoms with Crippen LogP contribution < -0.4 is 5.32 Å². The molecule has 11 heteroatoms. The molecule has 0 spiro atoms. The first-order chi connectivity index (χ1) is 13.9. The lowest BCUT2D eigenvalue weighted by Crippen LogP contribution is -2.43. The van der Waals surface area contributed by atoms with E-state index in [0.29, 0.717) is 24.2 Å². The number of halogens is 8. The topological polar surface area (TPSA) is 30.5 Å². The molecule has 1 N–H and O–H groups in total. The Balaban J connectivity index is 0.00000341. The van der Waals surface area contributed by atoms with E-state index < -0.39 is 47.7 Å². The second kappa shape index (κ2) is 9.72. The van der Waals surface area contributed by atoms with Gasteiger partial charge in [-0.15, -0.1) is 12.4 Å². The van der Waals surface area contributed by atoms with Crippen LogP contribution in [0.4, 0.5) is 30.7 Å². The van der Waals surface area contributed by atoms with Gasteiger partial charge in [-0.25, -0.2) is 4.39 Å². The normalized spacial score (nSPS) is 20.8. The molecule has 0 saturated carbocycles. The van der Waals surface area contributed by atoms with Gasteiger partial charge in [0, 0.05) is 6.54 Å². The lowest BCUT2D eigenvalue weighted by molar-refractivity contribution is -0.200. The average molecular weight is 474 g/mol. The molecule has 0 unspecified atom stereocenters. The molecule has 1 aliphatic heterocycles. The molecule has 3 rings (SSSR count). The van der Waals surface area contributed by atoms with Crippen molar-refractivity contribution in [3.8, 4) is 0 Å². The molecule has 0 radical (unpaired) electrons. The quantitative estimate of drug-likeness (QED) is 0.548. The lowest BCUT2D eigenvalue weighted by atomic mass is 10.0. The molecule has 0 aliphatic carbocycles. The number of benzene rings is 2. The molecule has 0 amide bonds. The molecule has 0 aromatic heterocycles. The zero-order valence-electron chi connectivity index (χ0n) is 16.1. The summed E-state index contributed by atoms with van der Waals surface area (Å²) in [7, 11) is 0. The molecule has 172 valence electrons. The van der Waals surface area contributed by atoms with E-state index in [-0.39, 0.29) is 30.6 Å². The minimum atomic E-state index is -4.95. The van der Waals surface area contributed by atoms with Crippen molar-refractivity contribution in [1.82, 2.24) is 5.32 Å². The fourth-order valence-corrected chi connectivity index (χ4v) is 3.14. The van der Waals surface area contributed by atoms with Crippen molar-refractivity contribution in [2.24, 2.45) is 0 Å². The van der Waals surface area contributed by atoms with Crippen molar-refractivity contribution in [2.45, 2.75) is 37.7 Å². The van der Waals surface area contributed by atoms with Crippen LogP contribution in [0.25, 0.3) is 0 Å². The van der Waals surface area contributed by atoms with Gasteiger partial charge in [-0.3, -0.25) is 0 Å². The summed E-state index contributed by atoms with van der Waals surface area (Å²) in [6.07, 6.45) is -12.0. The smallest absolute Gasteiger partial charge is 0.349 e. The second-order valence-corrected chi connectivity index (χ2v) is 6.84. The van der Waals surface area contributed by atoms with Crippen LogP contribution in [0, 0.1) is 5.82 Å². The van der Waals surface area contributed by atoms with Crippen LogP contribution in [0.5, 0.6) is 0 Å². The Morgan fingerprint density at radius 2 is 1.52 bits per heavy atom. The Morgan fingerprint density at radius 3 is 2.03 bits per heavy atom. The van der Waals surface area contributed by atoms with Crippen LogP contribution in [0.2, 0.25) is 0 Å². The lowest BCUT2D eigenvalue weighted by Gasteiger charge is -2.34. The van der Waals surface area contributed by atoms with Crippen molar-refractivity contribution in [1.29, 1.82) is 0 Å². The highest BCUT2D eigenvalue weighted by Crippen LogP contribution is 2.38. The number of nitrogens with one attached hydrogen (secondary N) is 1. The molecule has 2 aromatic carbocycles. The maximum absolute atomic E-state index is 13.2. The fraction of sp³-hybridized carbons (Fsp3) is 0.400. The van der Waals surface area contributed by atoms with E-state index in [1.54, 1.807) is 0 Å². The second-order valence-electron chi connectivity index (χ2n) is 6.84. The van der Waals surface area contributed by atoms with Crippen LogP contribution in [0.1, 0.15) is 41.3 Å². The summed E-state index contributed by atoms with van der Waals surface area (Å²) in [4.78, 5) is 0. The summed E-state index contributed by atoms with van der Waals surface area (Å²) in [5, 5.41) is 3.10. The molecule has 1 saturated heterocycles. The summed E-state index contributed by atoms with van der Waals surface area (Å²) >= 11 is 0. The highest BCUT2D eigenvalue weighted by molar-refractivity contribution is 5.85. The van der Waals surface area contributed by atoms with Crippen molar-refractivity contribution >= 4 is 12.4 Å². The van der Waals surface area contributed by atoms with E-state index in [9.17, 15) is 30.7 Å². The number of hydrogen-bond acceptors (Lipinski definition) is 3. The van der Waals surface area contributed by atoms with Crippen LogP contribution in [-0.2, 0) is 21.8 Å². The number of morpholine rings is 1. The zero-order chi connectivity index (χ0) is 22.1. The third-order valence-corrected chi connectivity index (χ3v) is 4.67. The van der Waals surface area contributed by atoms with E-state index in [1.807, 2.05) is 0 Å². The standard InChI is InChI=1S/C20H18F7NO2.ClH/c1-11(13-8-14(19(22,23)24)10-15(9-13)20(25,26)27)30-18-17(28-6-7-29-18)12-2-4-16(21)5-3-12;/h2-5,8-11,17-18,28H,6-7H2,1H3;1H/t11-,17+,18-;/m0./s1. The van der Waals surface area contributed by atoms with Gasteiger partial charge >= 0.3 is 12.4 Å². The van der Waals surface area contributed by atoms with E-state index in [4.69, 9.17) is 9.47 Å². The van der Waals surface area contributed by atoms with Gasteiger partial charge in [0.2, 0.25) is 0 Å². The van der Waals surface area contributed by atoms with E-state index >= 15 is 0 Å². The van der Waals surface area contributed by atoms with Gasteiger partial charge in [-0.05, 0) is 48.4 Å². The zero-order valence-corrected chi connectivity index (χ0v) is 16.9. The summed E-state index contributed by atoms with van der Waals surface area (Å²) in [6, 6.07) is 6.20. The van der Waals surface area contributed by atoms with Crippen LogP contribution >= 0.6 is 12.4 Å². The number of hydrogen-bond donors (Lipinski definition) is 1. The maximum Gasteiger partial charge on any atom is 0.416 e. The minimum absolute atomic E-state index is 0. The predicted molar refractivity (Wildman–Crippen MR) is 100 cm³/mol. The first-order valence-electron chi connectivity index (χ1n) is 9.00. The Hall–Kier alpha value is -1.88. The molecule has 1 aliphatic rings. The molecule has 3 nitrogen and oxygen atoms in total. The molecule has 3 atom stereocenters. The molecule has 31 heavy (non-hydrogen) atoms. The molecule has 0 bridgehead atoms. The van der Waals surface area contributed by atoms with E-state index in [0.717, 1.165) is 0 Å². The number of alkyl halides is 6. The Kier molecular flexibility index (Phi) is 7.96. The maximum atomic E-state index is 13.2. The predicted octanol–water partition coefficient (Wildman–Crippen LogP) is 6.05. The fourth-order valence-electron chi connectivity index (χ4n) is 3.14. The first-order valence-corrected chi connectivity index (χ1v) is 9.00. The molecule has 1 heterocycles. The Labute approximate surface area is 179 Å². The van der Waals surface area contributed by atoms with Gasteiger partial charge in [-0.2, -0.15) is 26.3 Å². The third-order valence-electron chi connectivity index (χ3n) is 4.67. The summed E-state index contributed by atoms with van der Waals surface area (Å²) in [6.45, 7) is 2.01. The Bertz CT molecular complexity index is 839. The number of ether oxygens (including phenoxy) is 2. The molecule has 2 aromatic rings. The SMILES string of the molecule is C[C@H](O[C@@H]1OCCN[C@@H]1c1ccc(F)cc1)c1cc(C(F)(F)F)cc(C(F)(F)F)c1.Cl. The average Bonchev–Trinajstić information content (AvgIpc) is 2.67. The van der Waals surface area contributed by atoms with Crippen LogP contribution in [-0.4, -0.2) is 19.4 Å². The largest absolute Gasteiger partial charge is 0.416 e. The van der Waals surface area contributed by atoms with E-state index in [2.05, 4.69) is 5.32 Å². The van der Waals surface area contributed by atoms with Gasteiger partial charge in [0.1, 0.15) is 5.82 Å². The molecular weight excluding hydrogens is 455 g/mol. The van der Waals surface area contributed by atoms with Crippen LogP contribution in [0.3, 0.4) is 0 Å². The van der Waals surface area contributed by atoms with Crippen molar-refractivity contribution in [3.63, 3.8) is 0 Å². The Morgan fingerprint density at radius 1 is 0.968 bits per heavy atom. The van der Waals surface area contributed by atoms with Gasteiger partial charge in [0.05, 0.1) is 29.9 Å². The van der Waals surface area contributed by atoms with Crippen LogP contribution in [0.15, 0.2) is 42.5 Å². The van der Waals surface area contributed by atoms with Gasteiger partial charge in [-0.1, -0.05) is 12.1 Å². The summed E-state index contributed by atoms with van der Waals surface area (Å²) < 4.78 is 103. The van der Waals surface area contributed by atoms with Crippen molar-refractivity contribution in [3.05, 3.63) is 70.5 Å². The molecular formula is C20H19ClF7NO2. The van der Waals surface area contributed by atoms with Crippen molar-refractivity contribution in [2.75, 3.05) is 13.2 Å². The van der Waals surface area contributed by atoms with Gasteiger partial charge in [0.25, 0.3) is 0 Å². The molecule has 1 fully saturated rings. The first kappa shape index (κ1) is 25.4. The van der Waals surface area contributed by atoms with Gasteiger partial charge in [0.15, 0.2) is 6.29 Å². The monoisotopic (exact) mass is 473 g/mol. The summed E-state index contributed by atoms with van der Waals surface area (Å²) in [5.74, 6) is -0.454. The third kappa shape index (κ3) is 6.31. The highest BCUT2D eigenvalue weighted by Gasteiger charge is 2.38. The van der Waals surface area contributed by atoms with Gasteiger partial charge < -0.3 is 14.8 Å². The number of rotatable bonds is 4.